The Kier molecular flexibility index (Phi) is 3.47. The molecule has 0 aliphatic carbocycles. The van der Waals surface area contributed by atoms with Crippen LogP contribution >= 0.6 is 11.6 Å². The molecule has 0 spiro atoms. The summed E-state index contributed by atoms with van der Waals surface area (Å²) in [6.07, 6.45) is 0.843. The summed E-state index contributed by atoms with van der Waals surface area (Å²) < 4.78 is 13.4. The zero-order valence-corrected chi connectivity index (χ0v) is 8.38. The third-order valence-corrected chi connectivity index (χ3v) is 2.34. The predicted molar refractivity (Wildman–Crippen MR) is 52.2 cm³/mol. The number of halogens is 2. The summed E-state index contributed by atoms with van der Waals surface area (Å²) in [4.78, 5) is 10.3. The second kappa shape index (κ2) is 4.42. The third-order valence-electron chi connectivity index (χ3n) is 2.05. The van der Waals surface area contributed by atoms with Crippen molar-refractivity contribution in [3.63, 3.8) is 0 Å². The zero-order valence-electron chi connectivity index (χ0n) is 7.63. The molecule has 0 aliphatic rings. The maximum Gasteiger partial charge on any atom is 0.148 e. The van der Waals surface area contributed by atoms with Gasteiger partial charge in [0.25, 0.3) is 0 Å². The van der Waals surface area contributed by atoms with Crippen molar-refractivity contribution >= 4 is 17.9 Å². The summed E-state index contributed by atoms with van der Waals surface area (Å²) in [5.74, 6) is -1.19. The Morgan fingerprint density at radius 2 is 2.29 bits per heavy atom. The van der Waals surface area contributed by atoms with E-state index in [0.29, 0.717) is 6.29 Å². The molecule has 4 heteroatoms. The zero-order chi connectivity index (χ0) is 10.7. The SMILES string of the molecule is CC(CC=O)c1c(O)ccc(Cl)c1F. The number of rotatable bonds is 3. The average Bonchev–Trinajstić information content (AvgIpc) is 2.13. The number of aldehydes is 1. The Balaban J connectivity index is 3.17. The van der Waals surface area contributed by atoms with E-state index in [4.69, 9.17) is 11.6 Å². The lowest BCUT2D eigenvalue weighted by Gasteiger charge is -2.12. The lowest BCUT2D eigenvalue weighted by Crippen LogP contribution is -1.99. The van der Waals surface area contributed by atoms with Crippen molar-refractivity contribution in [3.8, 4) is 5.75 Å². The summed E-state index contributed by atoms with van der Waals surface area (Å²) in [5.41, 5.74) is 0.101. The molecule has 1 unspecified atom stereocenters. The molecular weight excluding hydrogens is 207 g/mol. The van der Waals surface area contributed by atoms with Crippen LogP contribution in [-0.2, 0) is 4.79 Å². The van der Waals surface area contributed by atoms with E-state index in [1.54, 1.807) is 6.92 Å². The van der Waals surface area contributed by atoms with Crippen molar-refractivity contribution in [2.24, 2.45) is 0 Å². The third kappa shape index (κ3) is 2.04. The van der Waals surface area contributed by atoms with Gasteiger partial charge in [0.05, 0.1) is 5.02 Å². The largest absolute Gasteiger partial charge is 0.508 e. The minimum Gasteiger partial charge on any atom is -0.508 e. The molecule has 0 radical (unpaired) electrons. The van der Waals surface area contributed by atoms with E-state index in [2.05, 4.69) is 0 Å². The molecule has 0 aliphatic heterocycles. The molecule has 1 rings (SSSR count). The van der Waals surface area contributed by atoms with Crippen molar-refractivity contribution in [1.29, 1.82) is 0 Å². The molecule has 0 saturated carbocycles. The molecule has 76 valence electrons. The van der Waals surface area contributed by atoms with Crippen LogP contribution in [0.25, 0.3) is 0 Å². The van der Waals surface area contributed by atoms with Gasteiger partial charge in [0.2, 0.25) is 0 Å². The topological polar surface area (TPSA) is 37.3 Å². The van der Waals surface area contributed by atoms with Crippen LogP contribution in [0, 0.1) is 5.82 Å². The van der Waals surface area contributed by atoms with E-state index in [9.17, 15) is 14.3 Å². The Morgan fingerprint density at radius 3 is 2.86 bits per heavy atom. The van der Waals surface area contributed by atoms with Crippen molar-refractivity contribution in [2.75, 3.05) is 0 Å². The fourth-order valence-electron chi connectivity index (χ4n) is 1.29. The second-order valence-corrected chi connectivity index (χ2v) is 3.50. The van der Waals surface area contributed by atoms with E-state index >= 15 is 0 Å². The van der Waals surface area contributed by atoms with E-state index in [1.807, 2.05) is 0 Å². The standard InChI is InChI=1S/C10H10ClFO2/c1-6(4-5-13)9-8(14)3-2-7(11)10(9)12/h2-3,5-6,14H,4H2,1H3. The molecule has 0 bridgehead atoms. The summed E-state index contributed by atoms with van der Waals surface area (Å²) in [6.45, 7) is 1.66. The van der Waals surface area contributed by atoms with Gasteiger partial charge in [-0.05, 0) is 18.1 Å². The van der Waals surface area contributed by atoms with Gasteiger partial charge >= 0.3 is 0 Å². The van der Waals surface area contributed by atoms with Gasteiger partial charge in [-0.2, -0.15) is 0 Å². The minimum atomic E-state index is -0.652. The molecule has 1 atom stereocenters. The van der Waals surface area contributed by atoms with Crippen molar-refractivity contribution in [1.82, 2.24) is 0 Å². The van der Waals surface area contributed by atoms with Gasteiger partial charge in [0.1, 0.15) is 17.9 Å². The second-order valence-electron chi connectivity index (χ2n) is 3.10. The number of benzene rings is 1. The van der Waals surface area contributed by atoms with Gasteiger partial charge in [0, 0.05) is 12.0 Å². The lowest BCUT2D eigenvalue weighted by molar-refractivity contribution is -0.108. The number of hydrogen-bond acceptors (Lipinski definition) is 2. The van der Waals surface area contributed by atoms with Crippen molar-refractivity contribution in [3.05, 3.63) is 28.5 Å². The van der Waals surface area contributed by atoms with Gasteiger partial charge in [0.15, 0.2) is 0 Å². The van der Waals surface area contributed by atoms with Crippen LogP contribution < -0.4 is 0 Å². The summed E-state index contributed by atoms with van der Waals surface area (Å²) >= 11 is 5.56. The average molecular weight is 217 g/mol. The molecule has 14 heavy (non-hydrogen) atoms. The first kappa shape index (κ1) is 11.0. The monoisotopic (exact) mass is 216 g/mol. The maximum atomic E-state index is 13.4. The fourth-order valence-corrected chi connectivity index (χ4v) is 1.45. The molecule has 0 aromatic heterocycles. The van der Waals surface area contributed by atoms with Crippen molar-refractivity contribution in [2.45, 2.75) is 19.3 Å². The highest BCUT2D eigenvalue weighted by Gasteiger charge is 2.17. The summed E-state index contributed by atoms with van der Waals surface area (Å²) in [7, 11) is 0. The highest BCUT2D eigenvalue weighted by atomic mass is 35.5. The number of phenolic OH excluding ortho intramolecular Hbond substituents is 1. The van der Waals surface area contributed by atoms with Gasteiger partial charge in [-0.1, -0.05) is 18.5 Å². The molecule has 2 nitrogen and oxygen atoms in total. The molecule has 0 amide bonds. The number of aromatic hydroxyl groups is 1. The smallest absolute Gasteiger partial charge is 0.148 e. The summed E-state index contributed by atoms with van der Waals surface area (Å²) in [6, 6.07) is 2.60. The normalized spacial score (nSPS) is 12.5. The van der Waals surface area contributed by atoms with Crippen LogP contribution in [0.1, 0.15) is 24.8 Å². The molecular formula is C10H10ClFO2. The van der Waals surface area contributed by atoms with E-state index in [0.717, 1.165) is 0 Å². The molecule has 0 fully saturated rings. The van der Waals surface area contributed by atoms with Crippen LogP contribution in [0.4, 0.5) is 4.39 Å². The van der Waals surface area contributed by atoms with Crippen LogP contribution in [0.3, 0.4) is 0 Å². The van der Waals surface area contributed by atoms with Gasteiger partial charge < -0.3 is 9.90 Å². The van der Waals surface area contributed by atoms with Crippen LogP contribution in [-0.4, -0.2) is 11.4 Å². The van der Waals surface area contributed by atoms with Gasteiger partial charge in [-0.3, -0.25) is 0 Å². The molecule has 0 heterocycles. The first-order valence-corrected chi connectivity index (χ1v) is 4.56. The predicted octanol–water partition coefficient (Wildman–Crippen LogP) is 2.88. The van der Waals surface area contributed by atoms with Crippen LogP contribution in [0.2, 0.25) is 5.02 Å². The van der Waals surface area contributed by atoms with Gasteiger partial charge in [-0.15, -0.1) is 0 Å². The molecule has 0 saturated heterocycles. The van der Waals surface area contributed by atoms with Crippen LogP contribution in [0.15, 0.2) is 12.1 Å². The highest BCUT2D eigenvalue weighted by molar-refractivity contribution is 6.30. The Bertz CT molecular complexity index is 352. The first-order chi connectivity index (χ1) is 6.57. The van der Waals surface area contributed by atoms with E-state index < -0.39 is 5.82 Å². The number of hydrogen-bond donors (Lipinski definition) is 1. The highest BCUT2D eigenvalue weighted by Crippen LogP contribution is 2.33. The summed E-state index contributed by atoms with van der Waals surface area (Å²) in [5, 5.41) is 9.35. The van der Waals surface area contributed by atoms with Crippen LogP contribution in [0.5, 0.6) is 5.75 Å². The lowest BCUT2D eigenvalue weighted by atomic mass is 9.97. The van der Waals surface area contributed by atoms with E-state index in [-0.39, 0.29) is 28.7 Å². The minimum absolute atomic E-state index is 0.0458. The Hall–Kier alpha value is -1.09. The molecule has 1 aromatic carbocycles. The molecule has 1 N–H and O–H groups in total. The van der Waals surface area contributed by atoms with Gasteiger partial charge in [-0.25, -0.2) is 4.39 Å². The maximum absolute atomic E-state index is 13.4. The quantitative estimate of drug-likeness (QED) is 0.789. The Morgan fingerprint density at radius 1 is 1.64 bits per heavy atom. The first-order valence-electron chi connectivity index (χ1n) is 4.18. The molecule has 1 aromatic rings. The number of phenols is 1. The van der Waals surface area contributed by atoms with Crippen molar-refractivity contribution < 1.29 is 14.3 Å². The number of carbonyl (C=O) groups excluding carboxylic acids is 1. The fraction of sp³-hybridized carbons (Fsp3) is 0.300. The number of carbonyl (C=O) groups is 1. The Labute approximate surface area is 86.3 Å². The van der Waals surface area contributed by atoms with E-state index in [1.165, 1.54) is 12.1 Å².